The van der Waals surface area contributed by atoms with Crippen LogP contribution in [0.4, 0.5) is 0 Å². The summed E-state index contributed by atoms with van der Waals surface area (Å²) in [5.41, 5.74) is 1.40. The van der Waals surface area contributed by atoms with E-state index < -0.39 is 0 Å². The molecule has 0 amide bonds. The minimum absolute atomic E-state index is 0.117. The molecule has 4 rings (SSSR count). The van der Waals surface area contributed by atoms with Crippen molar-refractivity contribution in [2.75, 3.05) is 0 Å². The SMILES string of the molecule is O=C1/C(=C\c2ccco2)C[C@H]2C[C@@H]1C/C(=C/c1ccco1)C2=O. The van der Waals surface area contributed by atoms with Crippen molar-refractivity contribution in [3.8, 4) is 0 Å². The first kappa shape index (κ1) is 14.0. The molecule has 0 saturated heterocycles. The number of furan rings is 2. The standard InChI is InChI=1S/C19H16O4/c20-18-13-7-12(8-14(18)10-16-3-1-5-22-16)19(21)15(9-13)11-17-4-2-6-23-17/h1-6,10-13H,7-9H2/b14-10-,15-11-/t12-,13-/m1/s1. The third kappa shape index (κ3) is 2.61. The minimum atomic E-state index is -0.117. The third-order valence-corrected chi connectivity index (χ3v) is 4.60. The van der Waals surface area contributed by atoms with E-state index in [0.717, 1.165) is 0 Å². The Balaban J connectivity index is 1.63. The number of rotatable bonds is 2. The highest BCUT2D eigenvalue weighted by Crippen LogP contribution is 2.41. The largest absolute Gasteiger partial charge is 0.465 e. The van der Waals surface area contributed by atoms with Gasteiger partial charge in [0.2, 0.25) is 0 Å². The molecule has 2 atom stereocenters. The summed E-state index contributed by atoms with van der Waals surface area (Å²) in [7, 11) is 0. The van der Waals surface area contributed by atoms with E-state index in [1.165, 1.54) is 0 Å². The highest BCUT2D eigenvalue weighted by Gasteiger charge is 2.41. The van der Waals surface area contributed by atoms with Crippen LogP contribution in [0.25, 0.3) is 12.2 Å². The van der Waals surface area contributed by atoms with E-state index in [0.29, 0.717) is 41.9 Å². The van der Waals surface area contributed by atoms with E-state index in [2.05, 4.69) is 0 Å². The monoisotopic (exact) mass is 308 g/mol. The molecule has 2 aliphatic carbocycles. The molecule has 2 aromatic rings. The third-order valence-electron chi connectivity index (χ3n) is 4.60. The van der Waals surface area contributed by atoms with Crippen LogP contribution in [0, 0.1) is 11.8 Å². The highest BCUT2D eigenvalue weighted by atomic mass is 16.3. The Morgan fingerprint density at radius 1 is 0.826 bits per heavy atom. The highest BCUT2D eigenvalue weighted by molar-refractivity contribution is 6.09. The molecule has 116 valence electrons. The van der Waals surface area contributed by atoms with Gasteiger partial charge < -0.3 is 8.83 Å². The second kappa shape index (κ2) is 5.54. The molecule has 4 nitrogen and oxygen atoms in total. The van der Waals surface area contributed by atoms with Crippen LogP contribution in [-0.2, 0) is 9.59 Å². The van der Waals surface area contributed by atoms with Gasteiger partial charge in [-0.3, -0.25) is 9.59 Å². The summed E-state index contributed by atoms with van der Waals surface area (Å²) in [6.07, 6.45) is 8.34. The van der Waals surface area contributed by atoms with Gasteiger partial charge in [0, 0.05) is 11.8 Å². The van der Waals surface area contributed by atoms with Crippen molar-refractivity contribution in [1.82, 2.24) is 0 Å². The van der Waals surface area contributed by atoms with Crippen LogP contribution in [0.2, 0.25) is 0 Å². The molecule has 23 heavy (non-hydrogen) atoms. The van der Waals surface area contributed by atoms with E-state index >= 15 is 0 Å². The molecular weight excluding hydrogens is 292 g/mol. The Bertz CT molecular complexity index is 722. The summed E-state index contributed by atoms with van der Waals surface area (Å²) in [6.45, 7) is 0. The lowest BCUT2D eigenvalue weighted by Gasteiger charge is -2.34. The molecule has 2 fully saturated rings. The van der Waals surface area contributed by atoms with Crippen molar-refractivity contribution >= 4 is 23.7 Å². The van der Waals surface area contributed by atoms with Gasteiger partial charge in [-0.15, -0.1) is 0 Å². The quantitative estimate of drug-likeness (QED) is 0.789. The minimum Gasteiger partial charge on any atom is -0.465 e. The van der Waals surface area contributed by atoms with Gasteiger partial charge in [-0.05, 0) is 66.8 Å². The van der Waals surface area contributed by atoms with Gasteiger partial charge in [0.1, 0.15) is 11.5 Å². The summed E-state index contributed by atoms with van der Waals surface area (Å²) < 4.78 is 10.6. The molecule has 2 aromatic heterocycles. The summed E-state index contributed by atoms with van der Waals surface area (Å²) in [6, 6.07) is 7.20. The molecule has 0 N–H and O–H groups in total. The van der Waals surface area contributed by atoms with Gasteiger partial charge in [-0.2, -0.15) is 0 Å². The van der Waals surface area contributed by atoms with Crippen molar-refractivity contribution in [3.05, 3.63) is 59.5 Å². The van der Waals surface area contributed by atoms with Crippen molar-refractivity contribution in [2.24, 2.45) is 11.8 Å². The van der Waals surface area contributed by atoms with Crippen molar-refractivity contribution in [2.45, 2.75) is 19.3 Å². The van der Waals surface area contributed by atoms with Gasteiger partial charge in [-0.1, -0.05) is 0 Å². The molecule has 0 radical (unpaired) electrons. The molecule has 4 heteroatoms. The number of hydrogen-bond donors (Lipinski definition) is 0. The van der Waals surface area contributed by atoms with Gasteiger partial charge in [0.15, 0.2) is 11.6 Å². The van der Waals surface area contributed by atoms with Crippen molar-refractivity contribution in [1.29, 1.82) is 0 Å². The van der Waals surface area contributed by atoms with Gasteiger partial charge in [0.05, 0.1) is 12.5 Å². The molecular formula is C19H16O4. The van der Waals surface area contributed by atoms with Crippen molar-refractivity contribution in [3.63, 3.8) is 0 Å². The zero-order chi connectivity index (χ0) is 15.8. The van der Waals surface area contributed by atoms with Crippen LogP contribution >= 0.6 is 0 Å². The number of carbonyl (C=O) groups excluding carboxylic acids is 2. The summed E-state index contributed by atoms with van der Waals surface area (Å²) >= 11 is 0. The molecule has 0 unspecified atom stereocenters. The lowest BCUT2D eigenvalue weighted by atomic mass is 9.67. The number of allylic oxidation sites excluding steroid dienone is 2. The fourth-order valence-corrected chi connectivity index (χ4v) is 3.52. The maximum Gasteiger partial charge on any atom is 0.162 e. The Kier molecular flexibility index (Phi) is 3.37. The topological polar surface area (TPSA) is 60.4 Å². The predicted octanol–water partition coefficient (Wildman–Crippen LogP) is 3.91. The number of fused-ring (bicyclic) bond motifs is 2. The maximum absolute atomic E-state index is 12.6. The molecule has 2 bridgehead atoms. The van der Waals surface area contributed by atoms with Crippen LogP contribution in [0.15, 0.2) is 56.8 Å². The molecule has 2 aliphatic rings. The Morgan fingerprint density at radius 3 is 1.70 bits per heavy atom. The fraction of sp³-hybridized carbons (Fsp3) is 0.263. The number of Topliss-reactive ketones (excluding diaryl/α,β-unsaturated/α-hetero) is 2. The maximum atomic E-state index is 12.6. The summed E-state index contributed by atoms with van der Waals surface area (Å²) in [5.74, 6) is 1.35. The average molecular weight is 308 g/mol. The lowest BCUT2D eigenvalue weighted by molar-refractivity contribution is -0.127. The Labute approximate surface area is 133 Å². The van der Waals surface area contributed by atoms with E-state index in [9.17, 15) is 9.59 Å². The van der Waals surface area contributed by atoms with E-state index in [-0.39, 0.29) is 23.4 Å². The van der Waals surface area contributed by atoms with Crippen molar-refractivity contribution < 1.29 is 18.4 Å². The average Bonchev–Trinajstić information content (AvgIpc) is 3.22. The lowest BCUT2D eigenvalue weighted by Crippen LogP contribution is -2.37. The predicted molar refractivity (Wildman–Crippen MR) is 84.2 cm³/mol. The van der Waals surface area contributed by atoms with Gasteiger partial charge >= 0.3 is 0 Å². The van der Waals surface area contributed by atoms with Crippen LogP contribution in [-0.4, -0.2) is 11.6 Å². The molecule has 0 spiro atoms. The van der Waals surface area contributed by atoms with Crippen LogP contribution in [0.5, 0.6) is 0 Å². The van der Waals surface area contributed by atoms with Crippen LogP contribution < -0.4 is 0 Å². The molecule has 0 aromatic carbocycles. The smallest absolute Gasteiger partial charge is 0.162 e. The second-order valence-electron chi connectivity index (χ2n) is 6.14. The zero-order valence-electron chi connectivity index (χ0n) is 12.5. The molecule has 2 saturated carbocycles. The van der Waals surface area contributed by atoms with E-state index in [4.69, 9.17) is 8.83 Å². The first-order valence-electron chi connectivity index (χ1n) is 7.77. The molecule has 0 aliphatic heterocycles. The van der Waals surface area contributed by atoms with Crippen LogP contribution in [0.3, 0.4) is 0 Å². The normalized spacial score (nSPS) is 27.8. The Morgan fingerprint density at radius 2 is 1.30 bits per heavy atom. The van der Waals surface area contributed by atoms with E-state index in [1.807, 2.05) is 12.1 Å². The summed E-state index contributed by atoms with van der Waals surface area (Å²) in [4.78, 5) is 25.3. The van der Waals surface area contributed by atoms with E-state index in [1.54, 1.807) is 36.8 Å². The molecule has 2 heterocycles. The number of carbonyl (C=O) groups is 2. The number of ketones is 2. The number of hydrogen-bond acceptors (Lipinski definition) is 4. The second-order valence-corrected chi connectivity index (χ2v) is 6.14. The van der Waals surface area contributed by atoms with Gasteiger partial charge in [0.25, 0.3) is 0 Å². The summed E-state index contributed by atoms with van der Waals surface area (Å²) in [5, 5.41) is 0. The fourth-order valence-electron chi connectivity index (χ4n) is 3.52. The first-order chi connectivity index (χ1) is 11.2. The Hall–Kier alpha value is -2.62. The first-order valence-corrected chi connectivity index (χ1v) is 7.77. The van der Waals surface area contributed by atoms with Gasteiger partial charge in [-0.25, -0.2) is 0 Å². The zero-order valence-corrected chi connectivity index (χ0v) is 12.5. The van der Waals surface area contributed by atoms with Crippen LogP contribution in [0.1, 0.15) is 30.8 Å².